The van der Waals surface area contributed by atoms with Crippen molar-refractivity contribution in [3.63, 3.8) is 0 Å². The van der Waals surface area contributed by atoms with Gasteiger partial charge in [-0.15, -0.1) is 0 Å². The van der Waals surface area contributed by atoms with Crippen LogP contribution in [0.4, 0.5) is 13.2 Å². The Morgan fingerprint density at radius 1 is 1.44 bits per heavy atom. The van der Waals surface area contributed by atoms with E-state index in [1.54, 1.807) is 0 Å². The highest BCUT2D eigenvalue weighted by atomic mass is 79.9. The summed E-state index contributed by atoms with van der Waals surface area (Å²) in [6.07, 6.45) is -4.41. The van der Waals surface area contributed by atoms with E-state index in [-0.39, 0.29) is 12.1 Å². The molecule has 0 aliphatic rings. The van der Waals surface area contributed by atoms with Gasteiger partial charge < -0.3 is 4.90 Å². The lowest BCUT2D eigenvalue weighted by atomic mass is 10.2. The summed E-state index contributed by atoms with van der Waals surface area (Å²) in [5, 5.41) is 0.400. The summed E-state index contributed by atoms with van der Waals surface area (Å²) in [7, 11) is 0. The molecule has 0 radical (unpaired) electrons. The van der Waals surface area contributed by atoms with Gasteiger partial charge in [0.25, 0.3) is 5.91 Å². The van der Waals surface area contributed by atoms with Crippen molar-refractivity contribution in [1.29, 1.82) is 0 Å². The minimum Gasteiger partial charge on any atom is -0.330 e. The van der Waals surface area contributed by atoms with Crippen molar-refractivity contribution >= 4 is 33.4 Å². The molecule has 0 heterocycles. The normalized spacial score (nSPS) is 11.4. The van der Waals surface area contributed by atoms with Crippen molar-refractivity contribution in [2.75, 3.05) is 13.1 Å². The maximum atomic E-state index is 12.3. The van der Waals surface area contributed by atoms with Crippen LogP contribution in [0.25, 0.3) is 0 Å². The second-order valence-corrected chi connectivity index (χ2v) is 4.85. The number of hydrogen-bond acceptors (Lipinski definition) is 1. The van der Waals surface area contributed by atoms with Gasteiger partial charge in [0.2, 0.25) is 0 Å². The van der Waals surface area contributed by atoms with Crippen molar-refractivity contribution in [1.82, 2.24) is 4.90 Å². The van der Waals surface area contributed by atoms with Crippen LogP contribution in [0.1, 0.15) is 17.3 Å². The number of alkyl halides is 3. The molecule has 1 amide bonds. The fourth-order valence-electron chi connectivity index (χ4n) is 1.38. The van der Waals surface area contributed by atoms with Gasteiger partial charge in [0.05, 0.1) is 5.56 Å². The van der Waals surface area contributed by atoms with E-state index in [0.29, 0.717) is 9.50 Å². The summed E-state index contributed by atoms with van der Waals surface area (Å²) in [6.45, 7) is 0.207. The van der Waals surface area contributed by atoms with Crippen LogP contribution in [-0.4, -0.2) is 30.1 Å². The van der Waals surface area contributed by atoms with Gasteiger partial charge in [0, 0.05) is 16.0 Å². The Morgan fingerprint density at radius 3 is 2.50 bits per heavy atom. The van der Waals surface area contributed by atoms with Crippen molar-refractivity contribution in [2.45, 2.75) is 13.1 Å². The number of amides is 1. The third-order valence-corrected chi connectivity index (χ3v) is 3.09. The molecule has 0 unspecified atom stereocenters. The molecular weight excluding hydrogens is 334 g/mol. The molecule has 0 N–H and O–H groups in total. The highest BCUT2D eigenvalue weighted by molar-refractivity contribution is 9.10. The van der Waals surface area contributed by atoms with Crippen LogP contribution in [0, 0.1) is 0 Å². The maximum Gasteiger partial charge on any atom is 0.406 e. The number of rotatable bonds is 3. The van der Waals surface area contributed by atoms with Crippen LogP contribution >= 0.6 is 27.5 Å². The molecule has 0 spiro atoms. The van der Waals surface area contributed by atoms with Gasteiger partial charge in [-0.2, -0.15) is 13.2 Å². The summed E-state index contributed by atoms with van der Waals surface area (Å²) in [4.78, 5) is 12.7. The molecule has 0 aliphatic carbocycles. The van der Waals surface area contributed by atoms with Gasteiger partial charge in [0.15, 0.2) is 0 Å². The van der Waals surface area contributed by atoms with Crippen molar-refractivity contribution in [2.24, 2.45) is 0 Å². The predicted molar refractivity (Wildman–Crippen MR) is 66.8 cm³/mol. The molecule has 1 aromatic rings. The number of halogens is 5. The molecule has 0 saturated carbocycles. The van der Waals surface area contributed by atoms with Crippen LogP contribution in [-0.2, 0) is 0 Å². The molecular formula is C11H10BrClF3NO. The van der Waals surface area contributed by atoms with Crippen molar-refractivity contribution < 1.29 is 18.0 Å². The lowest BCUT2D eigenvalue weighted by molar-refractivity contribution is -0.140. The minimum absolute atomic E-state index is 0.0204. The average molecular weight is 345 g/mol. The Labute approximate surface area is 116 Å². The van der Waals surface area contributed by atoms with Crippen LogP contribution in [0.15, 0.2) is 22.7 Å². The Kier molecular flexibility index (Phi) is 5.04. The van der Waals surface area contributed by atoms with Gasteiger partial charge >= 0.3 is 6.18 Å². The molecule has 2 nitrogen and oxygen atoms in total. The van der Waals surface area contributed by atoms with Crippen molar-refractivity contribution in [3.05, 3.63) is 33.3 Å². The fraction of sp³-hybridized carbons (Fsp3) is 0.364. The van der Waals surface area contributed by atoms with E-state index >= 15 is 0 Å². The zero-order chi connectivity index (χ0) is 13.9. The third-order valence-electron chi connectivity index (χ3n) is 2.20. The zero-order valence-corrected chi connectivity index (χ0v) is 11.7. The second kappa shape index (κ2) is 5.93. The standard InChI is InChI=1S/C11H10BrClF3NO/c1-2-17(6-11(14,15)16)10(18)8-4-3-7(13)5-9(8)12/h3-5H,2,6H2,1H3. The number of carbonyl (C=O) groups excluding carboxylic acids is 1. The lowest BCUT2D eigenvalue weighted by Crippen LogP contribution is -2.38. The third kappa shape index (κ3) is 4.17. The Morgan fingerprint density at radius 2 is 2.06 bits per heavy atom. The highest BCUT2D eigenvalue weighted by Gasteiger charge is 2.33. The molecule has 18 heavy (non-hydrogen) atoms. The van der Waals surface area contributed by atoms with Crippen LogP contribution < -0.4 is 0 Å². The second-order valence-electron chi connectivity index (χ2n) is 3.56. The Hall–Kier alpha value is -0.750. The summed E-state index contributed by atoms with van der Waals surface area (Å²) in [5.74, 6) is -0.682. The van der Waals surface area contributed by atoms with Gasteiger partial charge in [-0.05, 0) is 41.1 Å². The Balaban J connectivity index is 2.97. The first-order chi connectivity index (χ1) is 8.24. The van der Waals surface area contributed by atoms with Crippen LogP contribution in [0.2, 0.25) is 5.02 Å². The largest absolute Gasteiger partial charge is 0.406 e. The lowest BCUT2D eigenvalue weighted by Gasteiger charge is -2.22. The molecule has 1 rings (SSSR count). The molecule has 100 valence electrons. The van der Waals surface area contributed by atoms with E-state index < -0.39 is 18.6 Å². The quantitative estimate of drug-likeness (QED) is 0.807. The average Bonchev–Trinajstić information content (AvgIpc) is 2.24. The molecule has 0 bridgehead atoms. The molecule has 0 aromatic heterocycles. The molecule has 0 atom stereocenters. The molecule has 7 heteroatoms. The van der Waals surface area contributed by atoms with E-state index in [1.165, 1.54) is 25.1 Å². The smallest absolute Gasteiger partial charge is 0.330 e. The monoisotopic (exact) mass is 343 g/mol. The number of carbonyl (C=O) groups is 1. The summed E-state index contributed by atoms with van der Waals surface area (Å²) < 4.78 is 37.3. The fourth-order valence-corrected chi connectivity index (χ4v) is 2.23. The van der Waals surface area contributed by atoms with E-state index in [0.717, 1.165) is 4.90 Å². The number of nitrogens with zero attached hydrogens (tertiary/aromatic N) is 1. The SMILES string of the molecule is CCN(CC(F)(F)F)C(=O)c1ccc(Cl)cc1Br. The first-order valence-corrected chi connectivity index (χ1v) is 6.22. The molecule has 0 saturated heterocycles. The number of hydrogen-bond donors (Lipinski definition) is 0. The van der Waals surface area contributed by atoms with E-state index in [1.807, 2.05) is 0 Å². The van der Waals surface area contributed by atoms with E-state index in [4.69, 9.17) is 11.6 Å². The van der Waals surface area contributed by atoms with E-state index in [2.05, 4.69) is 15.9 Å². The first kappa shape index (κ1) is 15.3. The summed E-state index contributed by atoms with van der Waals surface area (Å²) in [6, 6.07) is 4.32. The predicted octanol–water partition coefficient (Wildman–Crippen LogP) is 4.13. The molecule has 0 fully saturated rings. The van der Waals surface area contributed by atoms with Crippen molar-refractivity contribution in [3.8, 4) is 0 Å². The summed E-state index contributed by atoms with van der Waals surface area (Å²) in [5.41, 5.74) is 0.158. The van der Waals surface area contributed by atoms with E-state index in [9.17, 15) is 18.0 Å². The number of benzene rings is 1. The Bertz CT molecular complexity index is 450. The zero-order valence-electron chi connectivity index (χ0n) is 9.39. The maximum absolute atomic E-state index is 12.3. The van der Waals surface area contributed by atoms with Crippen LogP contribution in [0.3, 0.4) is 0 Å². The highest BCUT2D eigenvalue weighted by Crippen LogP contribution is 2.24. The minimum atomic E-state index is -4.41. The van der Waals surface area contributed by atoms with Gasteiger partial charge in [-0.1, -0.05) is 11.6 Å². The van der Waals surface area contributed by atoms with Gasteiger partial charge in [-0.25, -0.2) is 0 Å². The van der Waals surface area contributed by atoms with Gasteiger partial charge in [-0.3, -0.25) is 4.79 Å². The molecule has 1 aromatic carbocycles. The summed E-state index contributed by atoms with van der Waals surface area (Å²) >= 11 is 8.82. The first-order valence-electron chi connectivity index (χ1n) is 5.05. The van der Waals surface area contributed by atoms with Crippen LogP contribution in [0.5, 0.6) is 0 Å². The topological polar surface area (TPSA) is 20.3 Å². The molecule has 0 aliphatic heterocycles. The van der Waals surface area contributed by atoms with Gasteiger partial charge in [0.1, 0.15) is 6.54 Å².